The molecular formula is C36H53N7O12S. The van der Waals surface area contributed by atoms with E-state index in [4.69, 9.17) is 19.8 Å². The fraction of sp³-hybridized carbons (Fsp3) is 0.583. The molecule has 56 heavy (non-hydrogen) atoms. The minimum Gasteiger partial charge on any atom is -0.460 e. The van der Waals surface area contributed by atoms with Gasteiger partial charge in [0, 0.05) is 30.9 Å². The van der Waals surface area contributed by atoms with Gasteiger partial charge in [-0.25, -0.2) is 0 Å². The standard InChI is InChI=1S/C36H53N7O12S/c1-22(2)31(41-28(44)18-42-25(20-54-15-16-56(51,52)53)17-27(34(42)49)43-29(45)12-13-30(43)46)33(48)40-26(7-6-14-38-21-37)32(47)39-24-10-8-23(9-11-24)19-55-35(50)36(3,4)5/h8-13,22,25-27,31,38H,6-7,14-21,37H2,1-5H3,(H,39,47)(H,40,48)(H,41,44)(H,51,52,53)/t25-,26-,27-,31-/m0/s1. The zero-order valence-electron chi connectivity index (χ0n) is 32.2. The number of likely N-dealkylation sites (tertiary alicyclic amines) is 1. The van der Waals surface area contributed by atoms with Crippen molar-refractivity contribution >= 4 is 57.2 Å². The van der Waals surface area contributed by atoms with Gasteiger partial charge in [-0.1, -0.05) is 26.0 Å². The van der Waals surface area contributed by atoms with Crippen molar-refractivity contribution in [3.8, 4) is 0 Å². The van der Waals surface area contributed by atoms with Crippen molar-refractivity contribution in [2.24, 2.45) is 17.1 Å². The van der Waals surface area contributed by atoms with E-state index in [1.165, 1.54) is 0 Å². The quantitative estimate of drug-likeness (QED) is 0.0299. The molecule has 0 saturated carbocycles. The highest BCUT2D eigenvalue weighted by Crippen LogP contribution is 2.26. The summed E-state index contributed by atoms with van der Waals surface area (Å²) < 4.78 is 42.0. The molecule has 6 amide bonds. The van der Waals surface area contributed by atoms with Crippen LogP contribution in [0.2, 0.25) is 0 Å². The predicted octanol–water partition coefficient (Wildman–Crippen LogP) is -0.575. The minimum atomic E-state index is -4.34. The van der Waals surface area contributed by atoms with Crippen molar-refractivity contribution in [2.75, 3.05) is 44.0 Å². The summed E-state index contributed by atoms with van der Waals surface area (Å²) in [5.41, 5.74) is 5.99. The fourth-order valence-electron chi connectivity index (χ4n) is 5.79. The molecule has 1 saturated heterocycles. The van der Waals surface area contributed by atoms with Crippen LogP contribution in [0.1, 0.15) is 59.4 Å². The molecule has 0 radical (unpaired) electrons. The number of hydrogen-bond acceptors (Lipinski definition) is 13. The Kier molecular flexibility index (Phi) is 16.6. The second-order valence-corrected chi connectivity index (χ2v) is 16.4. The Balaban J connectivity index is 1.70. The second-order valence-electron chi connectivity index (χ2n) is 14.8. The number of nitrogens with two attached hydrogens (primary N) is 1. The maximum Gasteiger partial charge on any atom is 0.311 e. The van der Waals surface area contributed by atoms with E-state index >= 15 is 0 Å². The smallest absolute Gasteiger partial charge is 0.311 e. The van der Waals surface area contributed by atoms with Crippen LogP contribution in [0.3, 0.4) is 0 Å². The van der Waals surface area contributed by atoms with Crippen molar-refractivity contribution < 1.29 is 56.0 Å². The van der Waals surface area contributed by atoms with Crippen molar-refractivity contribution in [3.63, 3.8) is 0 Å². The lowest BCUT2D eigenvalue weighted by Crippen LogP contribution is -2.56. The molecule has 0 aromatic heterocycles. The van der Waals surface area contributed by atoms with Gasteiger partial charge in [0.15, 0.2) is 0 Å². The molecule has 1 aromatic rings. The molecular weight excluding hydrogens is 754 g/mol. The summed E-state index contributed by atoms with van der Waals surface area (Å²) in [6, 6.07) is 2.30. The number of benzene rings is 1. The molecule has 0 aliphatic carbocycles. The topological polar surface area (TPSA) is 273 Å². The summed E-state index contributed by atoms with van der Waals surface area (Å²) >= 11 is 0. The van der Waals surface area contributed by atoms with Crippen LogP contribution in [0.4, 0.5) is 5.69 Å². The first-order valence-corrected chi connectivity index (χ1v) is 19.8. The molecule has 2 aliphatic heterocycles. The van der Waals surface area contributed by atoms with Crippen LogP contribution >= 0.6 is 0 Å². The van der Waals surface area contributed by atoms with E-state index in [0.717, 1.165) is 22.0 Å². The molecule has 19 nitrogen and oxygen atoms in total. The highest BCUT2D eigenvalue weighted by atomic mass is 32.2. The van der Waals surface area contributed by atoms with Gasteiger partial charge >= 0.3 is 5.97 Å². The molecule has 0 unspecified atom stereocenters. The number of ether oxygens (including phenoxy) is 2. The molecule has 4 atom stereocenters. The monoisotopic (exact) mass is 807 g/mol. The molecule has 2 aliphatic rings. The normalized spacial score (nSPS) is 18.3. The first kappa shape index (κ1) is 45.6. The number of imide groups is 1. The van der Waals surface area contributed by atoms with Crippen molar-refractivity contribution in [3.05, 3.63) is 42.0 Å². The van der Waals surface area contributed by atoms with Gasteiger partial charge in [-0.15, -0.1) is 0 Å². The van der Waals surface area contributed by atoms with Crippen molar-refractivity contribution in [2.45, 2.75) is 84.7 Å². The van der Waals surface area contributed by atoms with Crippen LogP contribution < -0.4 is 27.0 Å². The molecule has 1 aromatic carbocycles. The molecule has 0 bridgehead atoms. The number of carbonyl (C=O) groups is 7. The minimum absolute atomic E-state index is 0.0483. The molecule has 0 spiro atoms. The number of rotatable bonds is 21. The number of hydrogen-bond donors (Lipinski definition) is 6. The maximum absolute atomic E-state index is 13.7. The SMILES string of the molecule is CC(C)[C@H](NC(=O)CN1C(=O)[C@@H](N2C(=O)C=CC2=O)C[C@H]1COCCS(=O)(=O)O)C(=O)N[C@@H](CCCNCN)C(=O)Nc1ccc(COC(=O)C(C)(C)C)cc1. The Morgan fingerprint density at radius 1 is 1.00 bits per heavy atom. The summed E-state index contributed by atoms with van der Waals surface area (Å²) in [7, 11) is -4.34. The maximum atomic E-state index is 13.7. The number of esters is 1. The Labute approximate surface area is 326 Å². The van der Waals surface area contributed by atoms with Gasteiger partial charge in [0.2, 0.25) is 23.6 Å². The zero-order valence-corrected chi connectivity index (χ0v) is 33.1. The van der Waals surface area contributed by atoms with Crippen molar-refractivity contribution in [1.29, 1.82) is 0 Å². The zero-order chi connectivity index (χ0) is 41.8. The summed E-state index contributed by atoms with van der Waals surface area (Å²) in [4.78, 5) is 92.9. The largest absolute Gasteiger partial charge is 0.460 e. The Morgan fingerprint density at radius 3 is 2.21 bits per heavy atom. The van der Waals surface area contributed by atoms with E-state index in [1.807, 2.05) is 0 Å². The summed E-state index contributed by atoms with van der Waals surface area (Å²) in [5, 5.41) is 11.1. The lowest BCUT2D eigenvalue weighted by Gasteiger charge is -2.28. The van der Waals surface area contributed by atoms with Gasteiger partial charge in [-0.3, -0.25) is 43.0 Å². The van der Waals surface area contributed by atoms with Gasteiger partial charge in [-0.2, -0.15) is 8.42 Å². The Morgan fingerprint density at radius 2 is 1.64 bits per heavy atom. The molecule has 2 heterocycles. The third-order valence-electron chi connectivity index (χ3n) is 8.86. The van der Waals surface area contributed by atoms with Crippen molar-refractivity contribution in [1.82, 2.24) is 25.8 Å². The fourth-order valence-corrected chi connectivity index (χ4v) is 6.12. The van der Waals surface area contributed by atoms with Crippen LogP contribution in [-0.4, -0.2) is 127 Å². The van der Waals surface area contributed by atoms with E-state index in [0.29, 0.717) is 24.2 Å². The average Bonchev–Trinajstić information content (AvgIpc) is 3.60. The van der Waals surface area contributed by atoms with E-state index in [2.05, 4.69) is 21.3 Å². The van der Waals surface area contributed by atoms with E-state index in [-0.39, 0.29) is 38.7 Å². The first-order chi connectivity index (χ1) is 26.2. The molecule has 1 fully saturated rings. The second kappa shape index (κ2) is 20.4. The summed E-state index contributed by atoms with van der Waals surface area (Å²) in [6.45, 7) is 7.98. The van der Waals surface area contributed by atoms with E-state index < -0.39 is 100.0 Å². The van der Waals surface area contributed by atoms with E-state index in [9.17, 15) is 42.0 Å². The van der Waals surface area contributed by atoms with Crippen LogP contribution in [0.25, 0.3) is 0 Å². The number of anilines is 1. The molecule has 20 heteroatoms. The number of carbonyl (C=O) groups excluding carboxylic acids is 7. The number of nitrogens with one attached hydrogen (secondary N) is 4. The van der Waals surface area contributed by atoms with Gasteiger partial charge < -0.3 is 41.4 Å². The van der Waals surface area contributed by atoms with Crippen LogP contribution in [0.15, 0.2) is 36.4 Å². The van der Waals surface area contributed by atoms with E-state index in [1.54, 1.807) is 58.9 Å². The average molecular weight is 808 g/mol. The number of amides is 6. The molecule has 7 N–H and O–H groups in total. The van der Waals surface area contributed by atoms with Gasteiger partial charge in [-0.05, 0) is 63.8 Å². The highest BCUT2D eigenvalue weighted by molar-refractivity contribution is 7.85. The molecule has 310 valence electrons. The Hall–Kier alpha value is -4.76. The van der Waals surface area contributed by atoms with Crippen LogP contribution in [-0.2, 0) is 59.8 Å². The Bertz CT molecular complexity index is 1730. The summed E-state index contributed by atoms with van der Waals surface area (Å²) in [6.07, 6.45) is 2.57. The van der Waals surface area contributed by atoms with Crippen LogP contribution in [0, 0.1) is 11.3 Å². The summed E-state index contributed by atoms with van der Waals surface area (Å²) in [5.74, 6) is -5.70. The highest BCUT2D eigenvalue weighted by Gasteiger charge is 2.47. The van der Waals surface area contributed by atoms with Gasteiger partial charge in [0.05, 0.1) is 37.0 Å². The lowest BCUT2D eigenvalue weighted by molar-refractivity contribution is -0.154. The third-order valence-corrected chi connectivity index (χ3v) is 9.54. The molecule has 3 rings (SSSR count). The van der Waals surface area contributed by atoms with Gasteiger partial charge in [0.1, 0.15) is 24.7 Å². The third kappa shape index (κ3) is 13.8. The lowest BCUT2D eigenvalue weighted by atomic mass is 9.97. The van der Waals surface area contributed by atoms with Gasteiger partial charge in [0.25, 0.3) is 21.9 Å². The predicted molar refractivity (Wildman–Crippen MR) is 201 cm³/mol. The number of nitrogens with zero attached hydrogens (tertiary/aromatic N) is 2. The van der Waals surface area contributed by atoms with Crippen LogP contribution in [0.5, 0.6) is 0 Å². The first-order valence-electron chi connectivity index (χ1n) is 18.2.